The van der Waals surface area contributed by atoms with Crippen LogP contribution in [0.2, 0.25) is 0 Å². The van der Waals surface area contributed by atoms with E-state index < -0.39 is 0 Å². The molecule has 0 aliphatic carbocycles. The summed E-state index contributed by atoms with van der Waals surface area (Å²) in [5.41, 5.74) is 0.771. The molecule has 3 N–H and O–H groups in total. The third-order valence-corrected chi connectivity index (χ3v) is 3.74. The van der Waals surface area contributed by atoms with Crippen molar-refractivity contribution in [3.05, 3.63) is 40.9 Å². The minimum atomic E-state index is -0.0615. The number of hydrogen-bond donors (Lipinski definition) is 3. The van der Waals surface area contributed by atoms with Gasteiger partial charge in [-0.2, -0.15) is 5.10 Å². The Labute approximate surface area is 148 Å². The third kappa shape index (κ3) is 5.65. The summed E-state index contributed by atoms with van der Waals surface area (Å²) in [5, 5.41) is 13.1. The molecule has 0 aliphatic rings. The maximum Gasteiger partial charge on any atom is 0.226 e. The zero-order valence-electron chi connectivity index (χ0n) is 13.6. The van der Waals surface area contributed by atoms with Gasteiger partial charge in [-0.25, -0.2) is 4.98 Å². The summed E-state index contributed by atoms with van der Waals surface area (Å²) in [7, 11) is 3.50. The van der Waals surface area contributed by atoms with Gasteiger partial charge in [0.05, 0.1) is 6.54 Å². The molecule has 0 saturated carbocycles. The van der Waals surface area contributed by atoms with Crippen LogP contribution in [0.1, 0.15) is 12.2 Å². The van der Waals surface area contributed by atoms with Crippen LogP contribution in [-0.4, -0.2) is 40.2 Å². The van der Waals surface area contributed by atoms with Crippen molar-refractivity contribution in [3.8, 4) is 0 Å². The fraction of sp³-hybridized carbons (Fsp3) is 0.333. The zero-order valence-corrected chi connectivity index (χ0v) is 15.2. The normalized spacial score (nSPS) is 11.2. The Morgan fingerprint density at radius 2 is 2.04 bits per heavy atom. The number of carbonyl (C=O) groups is 1. The molecule has 0 unspecified atom stereocenters. The molecule has 2 rings (SSSR count). The molecule has 1 aromatic carbocycles. The van der Waals surface area contributed by atoms with Gasteiger partial charge < -0.3 is 16.0 Å². The zero-order chi connectivity index (χ0) is 17.4. The van der Waals surface area contributed by atoms with Crippen LogP contribution >= 0.6 is 15.9 Å². The van der Waals surface area contributed by atoms with Crippen molar-refractivity contribution >= 4 is 33.5 Å². The molecule has 2 aromatic rings. The van der Waals surface area contributed by atoms with Crippen molar-refractivity contribution in [3.63, 3.8) is 0 Å². The van der Waals surface area contributed by atoms with E-state index in [1.165, 1.54) is 6.33 Å². The molecular weight excluding hydrogens is 374 g/mol. The van der Waals surface area contributed by atoms with Crippen molar-refractivity contribution in [2.45, 2.75) is 13.0 Å². The standard InChI is InChI=1S/C15H20BrN7O/c1-17-15(19-9-13-20-10-21-23(13)2)18-8-7-14(24)22-12-5-3-11(16)4-6-12/h3-6,10H,7-9H2,1-2H3,(H,22,24)(H2,17,18,19). The average molecular weight is 394 g/mol. The average Bonchev–Trinajstić information content (AvgIpc) is 2.98. The highest BCUT2D eigenvalue weighted by molar-refractivity contribution is 9.10. The van der Waals surface area contributed by atoms with Crippen molar-refractivity contribution in [2.24, 2.45) is 12.0 Å². The number of halogens is 1. The lowest BCUT2D eigenvalue weighted by Gasteiger charge is -2.11. The highest BCUT2D eigenvalue weighted by Gasteiger charge is 2.05. The molecule has 0 fully saturated rings. The lowest BCUT2D eigenvalue weighted by molar-refractivity contribution is -0.116. The summed E-state index contributed by atoms with van der Waals surface area (Å²) >= 11 is 3.36. The fourth-order valence-electron chi connectivity index (χ4n) is 1.91. The van der Waals surface area contributed by atoms with Gasteiger partial charge in [-0.05, 0) is 24.3 Å². The van der Waals surface area contributed by atoms with Crippen molar-refractivity contribution in [2.75, 3.05) is 18.9 Å². The monoisotopic (exact) mass is 393 g/mol. The van der Waals surface area contributed by atoms with Crippen LogP contribution in [0.15, 0.2) is 40.1 Å². The van der Waals surface area contributed by atoms with Gasteiger partial charge in [0.15, 0.2) is 5.96 Å². The van der Waals surface area contributed by atoms with Crippen LogP contribution in [0, 0.1) is 0 Å². The lowest BCUT2D eigenvalue weighted by atomic mass is 10.3. The van der Waals surface area contributed by atoms with Gasteiger partial charge in [-0.15, -0.1) is 0 Å². The number of anilines is 1. The summed E-state index contributed by atoms with van der Waals surface area (Å²) in [6.07, 6.45) is 1.83. The van der Waals surface area contributed by atoms with E-state index in [1.807, 2.05) is 31.3 Å². The fourth-order valence-corrected chi connectivity index (χ4v) is 2.18. The summed E-state index contributed by atoms with van der Waals surface area (Å²) in [6.45, 7) is 0.974. The van der Waals surface area contributed by atoms with Gasteiger partial charge in [0.2, 0.25) is 5.91 Å². The second-order valence-electron chi connectivity index (χ2n) is 4.96. The van der Waals surface area contributed by atoms with E-state index in [0.717, 1.165) is 16.0 Å². The van der Waals surface area contributed by atoms with Gasteiger partial charge in [0, 0.05) is 37.2 Å². The maximum absolute atomic E-state index is 11.9. The molecule has 24 heavy (non-hydrogen) atoms. The van der Waals surface area contributed by atoms with E-state index in [4.69, 9.17) is 0 Å². The van der Waals surface area contributed by atoms with Gasteiger partial charge in [-0.3, -0.25) is 14.5 Å². The van der Waals surface area contributed by atoms with Crippen LogP contribution in [-0.2, 0) is 18.4 Å². The summed E-state index contributed by atoms with van der Waals surface area (Å²) in [4.78, 5) is 20.1. The van der Waals surface area contributed by atoms with Crippen molar-refractivity contribution < 1.29 is 4.79 Å². The first kappa shape index (κ1) is 17.9. The Balaban J connectivity index is 1.70. The molecule has 1 amide bonds. The van der Waals surface area contributed by atoms with Crippen LogP contribution in [0.25, 0.3) is 0 Å². The third-order valence-electron chi connectivity index (χ3n) is 3.22. The van der Waals surface area contributed by atoms with E-state index in [0.29, 0.717) is 25.5 Å². The van der Waals surface area contributed by atoms with Crippen LogP contribution in [0.4, 0.5) is 5.69 Å². The van der Waals surface area contributed by atoms with Gasteiger partial charge in [0.25, 0.3) is 0 Å². The van der Waals surface area contributed by atoms with Crippen LogP contribution in [0.5, 0.6) is 0 Å². The highest BCUT2D eigenvalue weighted by Crippen LogP contribution is 2.14. The summed E-state index contributed by atoms with van der Waals surface area (Å²) in [5.74, 6) is 1.34. The van der Waals surface area contributed by atoms with E-state index in [2.05, 4.69) is 47.0 Å². The first-order chi connectivity index (χ1) is 11.6. The molecule has 0 atom stereocenters. The molecule has 0 saturated heterocycles. The van der Waals surface area contributed by atoms with Crippen molar-refractivity contribution in [1.29, 1.82) is 0 Å². The van der Waals surface area contributed by atoms with E-state index in [9.17, 15) is 4.79 Å². The molecule has 0 radical (unpaired) electrons. The molecule has 1 heterocycles. The maximum atomic E-state index is 11.9. The van der Waals surface area contributed by atoms with Gasteiger partial charge in [0.1, 0.15) is 12.2 Å². The Morgan fingerprint density at radius 1 is 1.29 bits per heavy atom. The van der Waals surface area contributed by atoms with E-state index in [1.54, 1.807) is 11.7 Å². The summed E-state index contributed by atoms with van der Waals surface area (Å²) < 4.78 is 2.66. The molecule has 0 bridgehead atoms. The molecule has 9 heteroatoms. The number of hydrogen-bond acceptors (Lipinski definition) is 4. The van der Waals surface area contributed by atoms with E-state index in [-0.39, 0.29) is 5.91 Å². The predicted molar refractivity (Wildman–Crippen MR) is 96.6 cm³/mol. The predicted octanol–water partition coefficient (Wildman–Crippen LogP) is 1.27. The number of aryl methyl sites for hydroxylation is 1. The Kier molecular flexibility index (Phi) is 6.74. The SMILES string of the molecule is CN=C(NCCC(=O)Nc1ccc(Br)cc1)NCc1ncnn1C. The first-order valence-electron chi connectivity index (χ1n) is 7.41. The Morgan fingerprint density at radius 3 is 2.67 bits per heavy atom. The molecule has 0 aliphatic heterocycles. The first-order valence-corrected chi connectivity index (χ1v) is 8.20. The van der Waals surface area contributed by atoms with Crippen LogP contribution in [0.3, 0.4) is 0 Å². The van der Waals surface area contributed by atoms with Gasteiger partial charge >= 0.3 is 0 Å². The Bertz CT molecular complexity index is 696. The topological polar surface area (TPSA) is 96.2 Å². The molecule has 8 nitrogen and oxygen atoms in total. The summed E-state index contributed by atoms with van der Waals surface area (Å²) in [6, 6.07) is 7.45. The second-order valence-corrected chi connectivity index (χ2v) is 5.87. The Hall–Kier alpha value is -2.42. The number of nitrogens with zero attached hydrogens (tertiary/aromatic N) is 4. The lowest BCUT2D eigenvalue weighted by Crippen LogP contribution is -2.38. The molecule has 128 valence electrons. The van der Waals surface area contributed by atoms with Crippen molar-refractivity contribution in [1.82, 2.24) is 25.4 Å². The highest BCUT2D eigenvalue weighted by atomic mass is 79.9. The second kappa shape index (κ2) is 9.02. The number of rotatable bonds is 6. The molecular formula is C15H20BrN7O. The van der Waals surface area contributed by atoms with E-state index >= 15 is 0 Å². The van der Waals surface area contributed by atoms with Gasteiger partial charge in [-0.1, -0.05) is 15.9 Å². The number of aromatic nitrogens is 3. The molecule has 1 aromatic heterocycles. The number of amides is 1. The number of benzene rings is 1. The van der Waals surface area contributed by atoms with Crippen LogP contribution < -0.4 is 16.0 Å². The largest absolute Gasteiger partial charge is 0.356 e. The number of carbonyl (C=O) groups excluding carboxylic acids is 1. The smallest absolute Gasteiger partial charge is 0.226 e. The molecule has 0 spiro atoms. The number of aliphatic imine (C=N–C) groups is 1. The number of guanidine groups is 1. The quantitative estimate of drug-likeness (QED) is 0.507. The minimum Gasteiger partial charge on any atom is -0.356 e. The minimum absolute atomic E-state index is 0.0615. The number of nitrogens with one attached hydrogen (secondary N) is 3.